The van der Waals surface area contributed by atoms with E-state index >= 15 is 0 Å². The van der Waals surface area contributed by atoms with Gasteiger partial charge in [-0.25, -0.2) is 0 Å². The number of hydrogen-bond donors (Lipinski definition) is 0. The number of ether oxygens (including phenoxy) is 2. The molecule has 3 heteroatoms. The van der Waals surface area contributed by atoms with Crippen LogP contribution in [0.4, 0.5) is 0 Å². The Morgan fingerprint density at radius 1 is 1.36 bits per heavy atom. The minimum absolute atomic E-state index is 0.269. The van der Waals surface area contributed by atoms with E-state index in [1.54, 1.807) is 5.20 Å². The molecule has 2 atom stereocenters. The van der Waals surface area contributed by atoms with Gasteiger partial charge in [0, 0.05) is 0 Å². The standard InChI is InChI=1S/C11H20O2Si/c1-11(2)12-8-6-5-7-9(14(3)4)10(8)13-11/h7-8,10,14H,5-6H2,1-4H3/t8-,10-/m0/s1. The second-order valence-electron chi connectivity index (χ2n) is 5.03. The maximum Gasteiger partial charge on any atom is 0.164 e. The molecule has 1 aliphatic carbocycles. The average Bonchev–Trinajstić information content (AvgIpc) is 2.36. The molecule has 0 unspecified atom stereocenters. The molecule has 0 saturated carbocycles. The van der Waals surface area contributed by atoms with Crippen LogP contribution in [0.5, 0.6) is 0 Å². The molecule has 1 aliphatic heterocycles. The first-order valence-electron chi connectivity index (χ1n) is 5.55. The van der Waals surface area contributed by atoms with Crippen molar-refractivity contribution in [1.82, 2.24) is 0 Å². The van der Waals surface area contributed by atoms with Crippen LogP contribution in [-0.2, 0) is 9.47 Å². The molecule has 1 heterocycles. The summed E-state index contributed by atoms with van der Waals surface area (Å²) in [5.41, 5.74) is 0. The van der Waals surface area contributed by atoms with Crippen molar-refractivity contribution in [3.05, 3.63) is 11.3 Å². The molecule has 0 aromatic rings. The van der Waals surface area contributed by atoms with Crippen LogP contribution >= 0.6 is 0 Å². The van der Waals surface area contributed by atoms with Gasteiger partial charge in [-0.1, -0.05) is 24.4 Å². The molecule has 0 aromatic heterocycles. The highest BCUT2D eigenvalue weighted by Gasteiger charge is 2.44. The Hall–Kier alpha value is -0.123. The van der Waals surface area contributed by atoms with Gasteiger partial charge in [-0.3, -0.25) is 0 Å². The van der Waals surface area contributed by atoms with Crippen LogP contribution in [0.1, 0.15) is 26.7 Å². The first-order chi connectivity index (χ1) is 6.49. The van der Waals surface area contributed by atoms with Gasteiger partial charge in [0.2, 0.25) is 0 Å². The summed E-state index contributed by atoms with van der Waals surface area (Å²) in [5.74, 6) is -0.373. The van der Waals surface area contributed by atoms with Crippen LogP contribution in [0.25, 0.3) is 0 Å². The van der Waals surface area contributed by atoms with E-state index in [0.717, 1.165) is 6.42 Å². The number of allylic oxidation sites excluding steroid dienone is 1. The van der Waals surface area contributed by atoms with Gasteiger partial charge in [0.05, 0.1) is 14.9 Å². The zero-order chi connectivity index (χ0) is 10.3. The lowest BCUT2D eigenvalue weighted by atomic mass is 10.0. The molecule has 80 valence electrons. The fourth-order valence-corrected chi connectivity index (χ4v) is 4.00. The van der Waals surface area contributed by atoms with Crippen molar-refractivity contribution in [2.75, 3.05) is 0 Å². The number of fused-ring (bicyclic) bond motifs is 1. The van der Waals surface area contributed by atoms with Crippen molar-refractivity contribution >= 4 is 8.80 Å². The summed E-state index contributed by atoms with van der Waals surface area (Å²) in [7, 11) is -0.728. The molecule has 0 amide bonds. The van der Waals surface area contributed by atoms with Crippen LogP contribution in [-0.4, -0.2) is 26.8 Å². The van der Waals surface area contributed by atoms with Crippen molar-refractivity contribution in [3.63, 3.8) is 0 Å². The molecule has 0 bridgehead atoms. The zero-order valence-electron chi connectivity index (χ0n) is 9.54. The number of rotatable bonds is 1. The molecule has 0 N–H and O–H groups in total. The van der Waals surface area contributed by atoms with Gasteiger partial charge in [0.15, 0.2) is 5.79 Å². The van der Waals surface area contributed by atoms with Gasteiger partial charge < -0.3 is 9.47 Å². The molecule has 14 heavy (non-hydrogen) atoms. The molecule has 0 spiro atoms. The van der Waals surface area contributed by atoms with Gasteiger partial charge in [0.25, 0.3) is 0 Å². The normalized spacial score (nSPS) is 35.6. The van der Waals surface area contributed by atoms with Gasteiger partial charge >= 0.3 is 0 Å². The Morgan fingerprint density at radius 2 is 2.07 bits per heavy atom. The zero-order valence-corrected chi connectivity index (χ0v) is 10.7. The van der Waals surface area contributed by atoms with Gasteiger partial charge in [0.1, 0.15) is 6.10 Å². The molecular formula is C11H20O2Si. The summed E-state index contributed by atoms with van der Waals surface area (Å²) in [4.78, 5) is 0. The predicted octanol–water partition coefficient (Wildman–Crippen LogP) is 2.25. The minimum atomic E-state index is -0.728. The first-order valence-corrected chi connectivity index (χ1v) is 8.44. The summed E-state index contributed by atoms with van der Waals surface area (Å²) < 4.78 is 11.9. The van der Waals surface area contributed by atoms with Crippen molar-refractivity contribution in [2.24, 2.45) is 0 Å². The summed E-state index contributed by atoms with van der Waals surface area (Å²) in [6, 6.07) is 0. The van der Waals surface area contributed by atoms with E-state index in [1.165, 1.54) is 6.42 Å². The highest BCUT2D eigenvalue weighted by molar-refractivity contribution is 6.64. The van der Waals surface area contributed by atoms with Crippen LogP contribution in [0.2, 0.25) is 13.1 Å². The highest BCUT2D eigenvalue weighted by Crippen LogP contribution is 2.37. The summed E-state index contributed by atoms with van der Waals surface area (Å²) in [5, 5.41) is 1.56. The molecule has 1 saturated heterocycles. The van der Waals surface area contributed by atoms with Crippen LogP contribution in [0.15, 0.2) is 11.3 Å². The molecular weight excluding hydrogens is 192 g/mol. The quantitative estimate of drug-likeness (QED) is 0.621. The Labute approximate surface area is 87.9 Å². The van der Waals surface area contributed by atoms with Gasteiger partial charge in [-0.15, -0.1) is 0 Å². The fourth-order valence-electron chi connectivity index (χ4n) is 2.42. The minimum Gasteiger partial charge on any atom is -0.344 e. The highest BCUT2D eigenvalue weighted by atomic mass is 28.3. The van der Waals surface area contributed by atoms with E-state index < -0.39 is 8.80 Å². The van der Waals surface area contributed by atoms with Gasteiger partial charge in [-0.2, -0.15) is 0 Å². The third kappa shape index (κ3) is 1.81. The predicted molar refractivity (Wildman–Crippen MR) is 60.0 cm³/mol. The van der Waals surface area contributed by atoms with E-state index in [9.17, 15) is 0 Å². The smallest absolute Gasteiger partial charge is 0.164 e. The van der Waals surface area contributed by atoms with Crippen molar-refractivity contribution < 1.29 is 9.47 Å². The summed E-state index contributed by atoms with van der Waals surface area (Å²) in [6.45, 7) is 8.77. The second-order valence-corrected chi connectivity index (χ2v) is 8.01. The summed E-state index contributed by atoms with van der Waals surface area (Å²) >= 11 is 0. The van der Waals surface area contributed by atoms with Crippen LogP contribution in [0.3, 0.4) is 0 Å². The van der Waals surface area contributed by atoms with Crippen LogP contribution < -0.4 is 0 Å². The molecule has 1 fully saturated rings. The Kier molecular flexibility index (Phi) is 2.58. The topological polar surface area (TPSA) is 18.5 Å². The maximum absolute atomic E-state index is 5.97. The second kappa shape index (κ2) is 3.47. The lowest BCUT2D eigenvalue weighted by Crippen LogP contribution is -2.33. The van der Waals surface area contributed by atoms with Crippen LogP contribution in [0, 0.1) is 0 Å². The monoisotopic (exact) mass is 212 g/mol. The van der Waals surface area contributed by atoms with E-state index in [0.29, 0.717) is 6.10 Å². The van der Waals surface area contributed by atoms with Crippen molar-refractivity contribution in [2.45, 2.75) is 57.8 Å². The molecule has 2 aliphatic rings. The Morgan fingerprint density at radius 3 is 2.71 bits per heavy atom. The maximum atomic E-state index is 5.97. The lowest BCUT2D eigenvalue weighted by Gasteiger charge is -2.26. The summed E-state index contributed by atoms with van der Waals surface area (Å²) in [6.07, 6.45) is 5.27. The Bertz CT molecular complexity index is 258. The van der Waals surface area contributed by atoms with Crippen molar-refractivity contribution in [1.29, 1.82) is 0 Å². The molecule has 2 nitrogen and oxygen atoms in total. The van der Waals surface area contributed by atoms with E-state index in [2.05, 4.69) is 19.2 Å². The number of hydrogen-bond acceptors (Lipinski definition) is 2. The largest absolute Gasteiger partial charge is 0.344 e. The first kappa shape index (κ1) is 10.4. The van der Waals surface area contributed by atoms with Gasteiger partial charge in [-0.05, 0) is 26.7 Å². The molecule has 0 radical (unpaired) electrons. The third-order valence-corrected chi connectivity index (χ3v) is 4.91. The lowest BCUT2D eigenvalue weighted by molar-refractivity contribution is -0.143. The molecule has 2 rings (SSSR count). The SMILES string of the molecule is C[SiH](C)C1=CCC[C@@H]2OC(C)(C)O[C@H]12. The van der Waals surface area contributed by atoms with Crippen molar-refractivity contribution in [3.8, 4) is 0 Å². The fraction of sp³-hybridized carbons (Fsp3) is 0.818. The molecule has 0 aromatic carbocycles. The van der Waals surface area contributed by atoms with E-state index in [4.69, 9.17) is 9.47 Å². The Balaban J connectivity index is 2.19. The van der Waals surface area contributed by atoms with E-state index in [1.807, 2.05) is 13.8 Å². The third-order valence-electron chi connectivity index (χ3n) is 3.01. The van der Waals surface area contributed by atoms with E-state index in [-0.39, 0.29) is 11.9 Å². The average molecular weight is 212 g/mol.